The first-order valence-corrected chi connectivity index (χ1v) is 5.87. The van der Waals surface area contributed by atoms with Gasteiger partial charge in [-0.2, -0.15) is 0 Å². The van der Waals surface area contributed by atoms with Crippen molar-refractivity contribution in [3.05, 3.63) is 60.7 Å². The topological polar surface area (TPSA) is 22.1 Å². The third-order valence-electron chi connectivity index (χ3n) is 2.99. The zero-order chi connectivity index (χ0) is 12.4. The number of ether oxygens (including phenoxy) is 1. The molecule has 0 aliphatic heterocycles. The number of methoxy groups -OCH3 is 1. The molecule has 0 saturated carbocycles. The molecule has 0 amide bonds. The maximum atomic E-state index is 5.20. The lowest BCUT2D eigenvalue weighted by atomic mass is 10.0. The van der Waals surface area contributed by atoms with Crippen LogP contribution in [0.1, 0.15) is 0 Å². The van der Waals surface area contributed by atoms with E-state index in [1.54, 1.807) is 7.11 Å². The van der Waals surface area contributed by atoms with Crippen LogP contribution < -0.4 is 4.74 Å². The fourth-order valence-corrected chi connectivity index (χ4v) is 2.09. The Balaban J connectivity index is 2.29. The second-order valence-electron chi connectivity index (χ2n) is 4.10. The Bertz CT molecular complexity index is 677. The van der Waals surface area contributed by atoms with E-state index in [1.165, 1.54) is 5.56 Å². The lowest BCUT2D eigenvalue weighted by Gasteiger charge is -2.07. The summed E-state index contributed by atoms with van der Waals surface area (Å²) >= 11 is 0. The minimum atomic E-state index is 0.644. The van der Waals surface area contributed by atoms with Crippen LogP contribution in [-0.4, -0.2) is 12.1 Å². The van der Waals surface area contributed by atoms with Gasteiger partial charge in [0, 0.05) is 17.0 Å². The van der Waals surface area contributed by atoms with E-state index in [0.717, 1.165) is 16.5 Å². The van der Waals surface area contributed by atoms with Gasteiger partial charge in [-0.15, -0.1) is 0 Å². The summed E-state index contributed by atoms with van der Waals surface area (Å²) in [6.45, 7) is 0. The third kappa shape index (κ3) is 1.82. The number of rotatable bonds is 2. The first-order chi connectivity index (χ1) is 8.88. The number of aromatic nitrogens is 1. The van der Waals surface area contributed by atoms with Crippen LogP contribution in [0.5, 0.6) is 5.88 Å². The first kappa shape index (κ1) is 10.8. The molecule has 88 valence electrons. The van der Waals surface area contributed by atoms with Crippen LogP contribution in [-0.2, 0) is 0 Å². The highest BCUT2D eigenvalue weighted by Crippen LogP contribution is 2.28. The van der Waals surface area contributed by atoms with E-state index in [1.807, 2.05) is 30.3 Å². The van der Waals surface area contributed by atoms with E-state index >= 15 is 0 Å². The van der Waals surface area contributed by atoms with Crippen molar-refractivity contribution in [2.24, 2.45) is 0 Å². The molecule has 0 bridgehead atoms. The minimum Gasteiger partial charge on any atom is -0.481 e. The Hall–Kier alpha value is -2.35. The van der Waals surface area contributed by atoms with E-state index in [-0.39, 0.29) is 0 Å². The molecule has 3 rings (SSSR count). The molecule has 0 saturated heterocycles. The quantitative estimate of drug-likeness (QED) is 0.671. The monoisotopic (exact) mass is 235 g/mol. The molecule has 0 atom stereocenters. The average molecular weight is 235 g/mol. The number of para-hydroxylation sites is 1. The van der Waals surface area contributed by atoms with Crippen LogP contribution in [0, 0.1) is 0 Å². The fraction of sp³-hybridized carbons (Fsp3) is 0.0625. The maximum Gasteiger partial charge on any atom is 0.213 e. The molecule has 1 aromatic heterocycles. The maximum absolute atomic E-state index is 5.20. The lowest BCUT2D eigenvalue weighted by molar-refractivity contribution is 0.399. The van der Waals surface area contributed by atoms with Crippen LogP contribution in [0.4, 0.5) is 0 Å². The Labute approximate surface area is 106 Å². The van der Waals surface area contributed by atoms with E-state index in [9.17, 15) is 0 Å². The highest BCUT2D eigenvalue weighted by molar-refractivity contribution is 5.93. The first-order valence-electron chi connectivity index (χ1n) is 5.87. The van der Waals surface area contributed by atoms with Crippen LogP contribution in [0.25, 0.3) is 22.0 Å². The van der Waals surface area contributed by atoms with E-state index in [4.69, 9.17) is 4.74 Å². The molecule has 2 nitrogen and oxygen atoms in total. The summed E-state index contributed by atoms with van der Waals surface area (Å²) in [7, 11) is 1.64. The van der Waals surface area contributed by atoms with Crippen LogP contribution >= 0.6 is 0 Å². The van der Waals surface area contributed by atoms with E-state index < -0.39 is 0 Å². The Morgan fingerprint density at radius 2 is 1.67 bits per heavy atom. The largest absolute Gasteiger partial charge is 0.481 e. The van der Waals surface area contributed by atoms with Gasteiger partial charge in [-0.05, 0) is 11.6 Å². The molecule has 0 aliphatic carbocycles. The van der Waals surface area contributed by atoms with Crippen molar-refractivity contribution in [1.29, 1.82) is 0 Å². The van der Waals surface area contributed by atoms with Gasteiger partial charge in [0.15, 0.2) is 0 Å². The molecule has 0 aliphatic rings. The molecule has 18 heavy (non-hydrogen) atoms. The predicted molar refractivity (Wildman–Crippen MR) is 73.7 cm³/mol. The molecular weight excluding hydrogens is 222 g/mol. The van der Waals surface area contributed by atoms with E-state index in [2.05, 4.69) is 35.3 Å². The number of benzene rings is 2. The molecule has 0 spiro atoms. The van der Waals surface area contributed by atoms with Gasteiger partial charge < -0.3 is 4.74 Å². The van der Waals surface area contributed by atoms with Crippen LogP contribution in [0.3, 0.4) is 0 Å². The zero-order valence-electron chi connectivity index (χ0n) is 10.1. The van der Waals surface area contributed by atoms with Gasteiger partial charge in [-0.1, -0.05) is 48.5 Å². The van der Waals surface area contributed by atoms with Gasteiger partial charge in [0.05, 0.1) is 12.6 Å². The number of hydrogen-bond donors (Lipinski definition) is 0. The van der Waals surface area contributed by atoms with Crippen LogP contribution in [0.15, 0.2) is 60.7 Å². The van der Waals surface area contributed by atoms with Gasteiger partial charge in [0.2, 0.25) is 5.88 Å². The number of hydrogen-bond acceptors (Lipinski definition) is 2. The predicted octanol–water partition coefficient (Wildman–Crippen LogP) is 3.91. The summed E-state index contributed by atoms with van der Waals surface area (Å²) in [6, 6.07) is 20.4. The SMILES string of the molecule is COc1ccc2cccc(-c3ccccc3)c2n1. The van der Waals surface area contributed by atoms with Gasteiger partial charge in [0.25, 0.3) is 0 Å². The average Bonchev–Trinajstić information content (AvgIpc) is 2.47. The minimum absolute atomic E-state index is 0.644. The van der Waals surface area contributed by atoms with Crippen molar-refractivity contribution in [2.75, 3.05) is 7.11 Å². The van der Waals surface area contributed by atoms with Crippen molar-refractivity contribution >= 4 is 10.9 Å². The van der Waals surface area contributed by atoms with Crippen molar-refractivity contribution in [3.8, 4) is 17.0 Å². The number of fused-ring (bicyclic) bond motifs is 1. The van der Waals surface area contributed by atoms with Crippen LogP contribution in [0.2, 0.25) is 0 Å². The standard InChI is InChI=1S/C16H13NO/c1-18-15-11-10-13-8-5-9-14(16(13)17-15)12-6-3-2-4-7-12/h2-11H,1H3. The molecule has 2 aromatic carbocycles. The second kappa shape index (κ2) is 4.49. The summed E-state index contributed by atoms with van der Waals surface area (Å²) in [5.74, 6) is 0.644. The summed E-state index contributed by atoms with van der Waals surface area (Å²) < 4.78 is 5.20. The van der Waals surface area contributed by atoms with Gasteiger partial charge >= 0.3 is 0 Å². The molecule has 0 fully saturated rings. The molecule has 3 aromatic rings. The normalized spacial score (nSPS) is 10.5. The third-order valence-corrected chi connectivity index (χ3v) is 2.99. The van der Waals surface area contributed by atoms with E-state index in [0.29, 0.717) is 5.88 Å². The smallest absolute Gasteiger partial charge is 0.213 e. The van der Waals surface area contributed by atoms with Gasteiger partial charge in [-0.3, -0.25) is 0 Å². The Morgan fingerprint density at radius 1 is 0.833 bits per heavy atom. The molecular formula is C16H13NO. The summed E-state index contributed by atoms with van der Waals surface area (Å²) in [6.07, 6.45) is 0. The molecule has 0 radical (unpaired) electrons. The van der Waals surface area contributed by atoms with Crippen molar-refractivity contribution in [2.45, 2.75) is 0 Å². The number of pyridine rings is 1. The Kier molecular flexibility index (Phi) is 2.69. The molecule has 1 heterocycles. The van der Waals surface area contributed by atoms with Gasteiger partial charge in [-0.25, -0.2) is 4.98 Å². The molecule has 0 unspecified atom stereocenters. The van der Waals surface area contributed by atoms with Crippen molar-refractivity contribution in [1.82, 2.24) is 4.98 Å². The zero-order valence-corrected chi connectivity index (χ0v) is 10.1. The molecule has 0 N–H and O–H groups in total. The summed E-state index contributed by atoms with van der Waals surface area (Å²) in [4.78, 5) is 4.55. The second-order valence-corrected chi connectivity index (χ2v) is 4.10. The van der Waals surface area contributed by atoms with Crippen molar-refractivity contribution in [3.63, 3.8) is 0 Å². The fourth-order valence-electron chi connectivity index (χ4n) is 2.09. The Morgan fingerprint density at radius 3 is 2.44 bits per heavy atom. The highest BCUT2D eigenvalue weighted by atomic mass is 16.5. The summed E-state index contributed by atoms with van der Waals surface area (Å²) in [5, 5.41) is 1.12. The molecule has 2 heteroatoms. The lowest BCUT2D eigenvalue weighted by Crippen LogP contribution is -1.89. The van der Waals surface area contributed by atoms with Gasteiger partial charge in [0.1, 0.15) is 0 Å². The highest BCUT2D eigenvalue weighted by Gasteiger charge is 2.05. The van der Waals surface area contributed by atoms with Crippen molar-refractivity contribution < 1.29 is 4.74 Å². The summed E-state index contributed by atoms with van der Waals surface area (Å²) in [5.41, 5.74) is 3.28. The number of nitrogens with zero attached hydrogens (tertiary/aromatic N) is 1.